The summed E-state index contributed by atoms with van der Waals surface area (Å²) in [4.78, 5) is 11.5. The number of hydrogen-bond acceptors (Lipinski definition) is 3. The summed E-state index contributed by atoms with van der Waals surface area (Å²) >= 11 is 0. The number of anilines is 1. The summed E-state index contributed by atoms with van der Waals surface area (Å²) < 4.78 is 40.5. The van der Waals surface area contributed by atoms with Crippen molar-refractivity contribution in [2.45, 2.75) is 20.2 Å². The topological polar surface area (TPSA) is 50.4 Å². The number of rotatable bonds is 6. The second-order valence-corrected chi connectivity index (χ2v) is 4.60. The molecule has 0 spiro atoms. The van der Waals surface area contributed by atoms with Gasteiger partial charge in [0.15, 0.2) is 5.75 Å². The van der Waals surface area contributed by atoms with Crippen LogP contribution in [0.3, 0.4) is 0 Å². The summed E-state index contributed by atoms with van der Waals surface area (Å²) in [5.41, 5.74) is 0.115. The summed E-state index contributed by atoms with van der Waals surface area (Å²) in [5, 5.41) is 5.28. The zero-order valence-electron chi connectivity index (χ0n) is 11.3. The number of ether oxygens (including phenoxy) is 1. The fourth-order valence-electron chi connectivity index (χ4n) is 1.38. The number of amides is 1. The average Bonchev–Trinajstić information content (AvgIpc) is 2.33. The summed E-state index contributed by atoms with van der Waals surface area (Å²) in [6.07, 6.45) is -4.77. The van der Waals surface area contributed by atoms with E-state index in [2.05, 4.69) is 15.4 Å². The van der Waals surface area contributed by atoms with Crippen molar-refractivity contribution in [1.82, 2.24) is 5.32 Å². The van der Waals surface area contributed by atoms with Crippen molar-refractivity contribution in [3.63, 3.8) is 0 Å². The minimum absolute atomic E-state index is 0.115. The van der Waals surface area contributed by atoms with Crippen LogP contribution in [0.25, 0.3) is 0 Å². The molecule has 2 N–H and O–H groups in total. The van der Waals surface area contributed by atoms with Crippen LogP contribution in [-0.4, -0.2) is 25.4 Å². The molecule has 0 atom stereocenters. The highest BCUT2D eigenvalue weighted by Gasteiger charge is 2.32. The molecule has 0 saturated carbocycles. The number of alkyl halides is 3. The van der Waals surface area contributed by atoms with Gasteiger partial charge < -0.3 is 15.4 Å². The molecule has 0 aliphatic heterocycles. The van der Waals surface area contributed by atoms with E-state index < -0.39 is 6.36 Å². The largest absolute Gasteiger partial charge is 0.573 e. The van der Waals surface area contributed by atoms with E-state index >= 15 is 0 Å². The monoisotopic (exact) mass is 290 g/mol. The van der Waals surface area contributed by atoms with E-state index in [1.807, 2.05) is 13.8 Å². The van der Waals surface area contributed by atoms with Gasteiger partial charge in [0.1, 0.15) is 0 Å². The van der Waals surface area contributed by atoms with Crippen LogP contribution in [0.4, 0.5) is 18.9 Å². The number of halogens is 3. The van der Waals surface area contributed by atoms with Gasteiger partial charge >= 0.3 is 6.36 Å². The molecule has 0 aromatic heterocycles. The Morgan fingerprint density at radius 3 is 2.55 bits per heavy atom. The van der Waals surface area contributed by atoms with Crippen molar-refractivity contribution in [2.75, 3.05) is 18.4 Å². The van der Waals surface area contributed by atoms with Gasteiger partial charge in [0.25, 0.3) is 0 Å². The maximum absolute atomic E-state index is 12.2. The van der Waals surface area contributed by atoms with E-state index in [-0.39, 0.29) is 23.9 Å². The maximum Gasteiger partial charge on any atom is 0.573 e. The molecule has 1 amide bonds. The standard InChI is InChI=1S/C13H17F3N2O2/c1-9(2)7-18-12(19)8-17-10-5-3-4-6-11(10)20-13(14,15)16/h3-6,9,17H,7-8H2,1-2H3,(H,18,19). The molecule has 0 aliphatic carbocycles. The number of para-hydroxylation sites is 2. The van der Waals surface area contributed by atoms with E-state index in [1.54, 1.807) is 6.07 Å². The van der Waals surface area contributed by atoms with Crippen LogP contribution < -0.4 is 15.4 Å². The first-order valence-corrected chi connectivity index (χ1v) is 6.13. The second-order valence-electron chi connectivity index (χ2n) is 4.60. The van der Waals surface area contributed by atoms with Crippen molar-refractivity contribution in [3.8, 4) is 5.75 Å². The minimum atomic E-state index is -4.77. The molecule has 0 aliphatic rings. The van der Waals surface area contributed by atoms with Gasteiger partial charge in [0.05, 0.1) is 12.2 Å². The highest BCUT2D eigenvalue weighted by Crippen LogP contribution is 2.29. The first kappa shape index (κ1) is 16.1. The fraction of sp³-hybridized carbons (Fsp3) is 0.462. The lowest BCUT2D eigenvalue weighted by Gasteiger charge is -2.14. The third-order valence-electron chi connectivity index (χ3n) is 2.26. The van der Waals surface area contributed by atoms with E-state index in [4.69, 9.17) is 0 Å². The van der Waals surface area contributed by atoms with Gasteiger partial charge in [0, 0.05) is 6.54 Å². The number of benzene rings is 1. The predicted octanol–water partition coefficient (Wildman–Crippen LogP) is 2.77. The molecule has 0 bridgehead atoms. The lowest BCUT2D eigenvalue weighted by Crippen LogP contribution is -2.32. The lowest BCUT2D eigenvalue weighted by molar-refractivity contribution is -0.274. The van der Waals surface area contributed by atoms with Crippen LogP contribution in [0, 0.1) is 5.92 Å². The van der Waals surface area contributed by atoms with Gasteiger partial charge in [-0.15, -0.1) is 13.2 Å². The van der Waals surface area contributed by atoms with Crippen LogP contribution in [0.5, 0.6) is 5.75 Å². The van der Waals surface area contributed by atoms with Crippen LogP contribution >= 0.6 is 0 Å². The Morgan fingerprint density at radius 1 is 1.30 bits per heavy atom. The minimum Gasteiger partial charge on any atom is -0.404 e. The molecule has 0 heterocycles. The van der Waals surface area contributed by atoms with Crippen LogP contribution in [0.1, 0.15) is 13.8 Å². The Bertz CT molecular complexity index is 447. The predicted molar refractivity (Wildman–Crippen MR) is 69.5 cm³/mol. The van der Waals surface area contributed by atoms with Crippen molar-refractivity contribution in [1.29, 1.82) is 0 Å². The Kier molecular flexibility index (Phi) is 5.66. The number of carbonyl (C=O) groups excluding carboxylic acids is 1. The molecule has 7 heteroatoms. The van der Waals surface area contributed by atoms with Gasteiger partial charge in [-0.3, -0.25) is 4.79 Å². The normalized spacial score (nSPS) is 11.3. The van der Waals surface area contributed by atoms with E-state index in [1.165, 1.54) is 18.2 Å². The summed E-state index contributed by atoms with van der Waals surface area (Å²) in [6.45, 7) is 4.28. The molecular formula is C13H17F3N2O2. The van der Waals surface area contributed by atoms with Crippen molar-refractivity contribution < 1.29 is 22.7 Å². The fourth-order valence-corrected chi connectivity index (χ4v) is 1.38. The maximum atomic E-state index is 12.2. The Morgan fingerprint density at radius 2 is 1.95 bits per heavy atom. The summed E-state index contributed by atoms with van der Waals surface area (Å²) in [5.74, 6) is -0.350. The highest BCUT2D eigenvalue weighted by molar-refractivity contribution is 5.81. The number of carbonyl (C=O) groups is 1. The quantitative estimate of drug-likeness (QED) is 0.847. The van der Waals surface area contributed by atoms with E-state index in [0.29, 0.717) is 12.5 Å². The molecule has 4 nitrogen and oxygen atoms in total. The van der Waals surface area contributed by atoms with Gasteiger partial charge in [-0.2, -0.15) is 0 Å². The van der Waals surface area contributed by atoms with Crippen LogP contribution in [0.15, 0.2) is 24.3 Å². The summed E-state index contributed by atoms with van der Waals surface area (Å²) in [7, 11) is 0. The van der Waals surface area contributed by atoms with E-state index in [0.717, 1.165) is 0 Å². The van der Waals surface area contributed by atoms with Crippen molar-refractivity contribution in [3.05, 3.63) is 24.3 Å². The van der Waals surface area contributed by atoms with E-state index in [9.17, 15) is 18.0 Å². The van der Waals surface area contributed by atoms with Crippen molar-refractivity contribution >= 4 is 11.6 Å². The molecule has 0 unspecified atom stereocenters. The van der Waals surface area contributed by atoms with Gasteiger partial charge in [-0.05, 0) is 18.1 Å². The van der Waals surface area contributed by atoms with Gasteiger partial charge in [0.2, 0.25) is 5.91 Å². The first-order chi connectivity index (χ1) is 9.28. The van der Waals surface area contributed by atoms with Gasteiger partial charge in [-0.25, -0.2) is 0 Å². The second kappa shape index (κ2) is 7.02. The molecule has 1 aromatic rings. The molecule has 112 valence electrons. The number of hydrogen-bond donors (Lipinski definition) is 2. The molecule has 0 fully saturated rings. The molecule has 0 radical (unpaired) electrons. The summed E-state index contributed by atoms with van der Waals surface area (Å²) in [6, 6.07) is 5.57. The molecule has 0 saturated heterocycles. The Balaban J connectivity index is 2.57. The smallest absolute Gasteiger partial charge is 0.404 e. The third-order valence-corrected chi connectivity index (χ3v) is 2.26. The molecule has 1 aromatic carbocycles. The molecule has 1 rings (SSSR count). The first-order valence-electron chi connectivity index (χ1n) is 6.13. The van der Waals surface area contributed by atoms with Gasteiger partial charge in [-0.1, -0.05) is 26.0 Å². The van der Waals surface area contributed by atoms with Crippen LogP contribution in [0.2, 0.25) is 0 Å². The van der Waals surface area contributed by atoms with Crippen molar-refractivity contribution in [2.24, 2.45) is 5.92 Å². The molecular weight excluding hydrogens is 273 g/mol. The zero-order chi connectivity index (χ0) is 15.2. The highest BCUT2D eigenvalue weighted by atomic mass is 19.4. The SMILES string of the molecule is CC(C)CNC(=O)CNc1ccccc1OC(F)(F)F. The third kappa shape index (κ3) is 6.31. The Hall–Kier alpha value is -1.92. The average molecular weight is 290 g/mol. The lowest BCUT2D eigenvalue weighted by atomic mass is 10.2. The Labute approximate surface area is 115 Å². The zero-order valence-corrected chi connectivity index (χ0v) is 11.3. The molecule has 20 heavy (non-hydrogen) atoms. The number of nitrogens with one attached hydrogen (secondary N) is 2. The van der Waals surface area contributed by atoms with Crippen LogP contribution in [-0.2, 0) is 4.79 Å².